The smallest absolute Gasteiger partial charge is 0.266 e. The molecular formula is C27H32F3N7O. The molecule has 3 aromatic rings. The number of nitrogens with one attached hydrogen (secondary N) is 1. The van der Waals surface area contributed by atoms with Crippen molar-refractivity contribution < 1.29 is 17.9 Å². The van der Waals surface area contributed by atoms with E-state index in [4.69, 9.17) is 4.74 Å². The van der Waals surface area contributed by atoms with Crippen LogP contribution in [0.2, 0.25) is 0 Å². The van der Waals surface area contributed by atoms with E-state index in [0.29, 0.717) is 53.8 Å². The summed E-state index contributed by atoms with van der Waals surface area (Å²) in [4.78, 5) is 18.0. The highest BCUT2D eigenvalue weighted by Crippen LogP contribution is 2.41. The number of benzene rings is 1. The van der Waals surface area contributed by atoms with Crippen LogP contribution in [0.4, 0.5) is 19.0 Å². The minimum absolute atomic E-state index is 0.0884. The number of methoxy groups -OCH3 is 1. The molecule has 1 N–H and O–H groups in total. The summed E-state index contributed by atoms with van der Waals surface area (Å²) in [7, 11) is 5.25. The zero-order chi connectivity index (χ0) is 27.8. The van der Waals surface area contributed by atoms with Gasteiger partial charge in [0.25, 0.3) is 6.43 Å². The first-order valence-electron chi connectivity index (χ1n) is 12.4. The molecule has 11 heteroatoms. The lowest BCUT2D eigenvalue weighted by Crippen LogP contribution is -2.60. The van der Waals surface area contributed by atoms with Gasteiger partial charge in [0.05, 0.1) is 36.7 Å². The SMILES string of the molecule is COc1nc2nc(CN(C)C)nc(N[C@H](C)c3cccc(C(F)F)c3F)c2cc1C1(C#N)CN(C(C)C)C1. The first-order valence-corrected chi connectivity index (χ1v) is 12.4. The van der Waals surface area contributed by atoms with E-state index in [1.165, 1.54) is 19.2 Å². The molecule has 2 aromatic heterocycles. The largest absolute Gasteiger partial charge is 0.481 e. The molecule has 38 heavy (non-hydrogen) atoms. The van der Waals surface area contributed by atoms with E-state index in [0.717, 1.165) is 6.07 Å². The monoisotopic (exact) mass is 527 g/mol. The fourth-order valence-electron chi connectivity index (χ4n) is 4.71. The fraction of sp³-hybridized carbons (Fsp3) is 0.481. The summed E-state index contributed by atoms with van der Waals surface area (Å²) >= 11 is 0. The molecular weight excluding hydrogens is 495 g/mol. The molecule has 1 aromatic carbocycles. The lowest BCUT2D eigenvalue weighted by atomic mass is 9.74. The summed E-state index contributed by atoms with van der Waals surface area (Å²) in [6.45, 7) is 7.27. The van der Waals surface area contributed by atoms with E-state index in [-0.39, 0.29) is 11.6 Å². The number of halogens is 3. The van der Waals surface area contributed by atoms with Crippen molar-refractivity contribution in [2.75, 3.05) is 39.6 Å². The molecule has 0 bridgehead atoms. The molecule has 8 nitrogen and oxygen atoms in total. The van der Waals surface area contributed by atoms with Crippen molar-refractivity contribution in [1.82, 2.24) is 24.8 Å². The average molecular weight is 528 g/mol. The minimum Gasteiger partial charge on any atom is -0.481 e. The highest BCUT2D eigenvalue weighted by molar-refractivity contribution is 5.88. The highest BCUT2D eigenvalue weighted by atomic mass is 19.3. The molecule has 202 valence electrons. The molecule has 1 aliphatic rings. The summed E-state index contributed by atoms with van der Waals surface area (Å²) in [5, 5.41) is 13.9. The second-order valence-electron chi connectivity index (χ2n) is 10.3. The molecule has 1 saturated heterocycles. The number of pyridine rings is 1. The van der Waals surface area contributed by atoms with Crippen molar-refractivity contribution in [2.24, 2.45) is 0 Å². The van der Waals surface area contributed by atoms with Gasteiger partial charge in [0, 0.05) is 30.3 Å². The van der Waals surface area contributed by atoms with Crippen LogP contribution in [0, 0.1) is 17.1 Å². The van der Waals surface area contributed by atoms with Crippen LogP contribution in [0.3, 0.4) is 0 Å². The van der Waals surface area contributed by atoms with Crippen molar-refractivity contribution in [3.05, 3.63) is 52.6 Å². The van der Waals surface area contributed by atoms with Gasteiger partial charge in [0.15, 0.2) is 5.65 Å². The van der Waals surface area contributed by atoms with Gasteiger partial charge in [-0.25, -0.2) is 23.1 Å². The average Bonchev–Trinajstić information content (AvgIpc) is 2.82. The third-order valence-electron chi connectivity index (χ3n) is 6.87. The van der Waals surface area contributed by atoms with Gasteiger partial charge < -0.3 is 15.0 Å². The van der Waals surface area contributed by atoms with Gasteiger partial charge in [-0.2, -0.15) is 10.2 Å². The lowest BCUT2D eigenvalue weighted by molar-refractivity contribution is 0.0684. The summed E-state index contributed by atoms with van der Waals surface area (Å²) in [5.41, 5.74) is -0.411. The van der Waals surface area contributed by atoms with E-state index < -0.39 is 29.3 Å². The van der Waals surface area contributed by atoms with Gasteiger partial charge in [-0.3, -0.25) is 4.90 Å². The predicted octanol–water partition coefficient (Wildman–Crippen LogP) is 4.83. The minimum atomic E-state index is -2.93. The Hall–Kier alpha value is -3.49. The van der Waals surface area contributed by atoms with Gasteiger partial charge in [0.2, 0.25) is 5.88 Å². The van der Waals surface area contributed by atoms with E-state index in [2.05, 4.69) is 45.1 Å². The summed E-state index contributed by atoms with van der Waals surface area (Å²) in [6.07, 6.45) is -2.93. The second kappa shape index (κ2) is 10.7. The number of alkyl halides is 2. The maximum atomic E-state index is 14.9. The maximum absolute atomic E-state index is 14.9. The van der Waals surface area contributed by atoms with Gasteiger partial charge in [-0.15, -0.1) is 0 Å². The van der Waals surface area contributed by atoms with Gasteiger partial charge in [-0.1, -0.05) is 18.2 Å². The van der Waals surface area contributed by atoms with Crippen LogP contribution in [0.15, 0.2) is 24.3 Å². The van der Waals surface area contributed by atoms with Crippen molar-refractivity contribution in [3.63, 3.8) is 0 Å². The Kier molecular flexibility index (Phi) is 7.76. The topological polar surface area (TPSA) is 90.2 Å². The molecule has 0 amide bonds. The number of aromatic nitrogens is 3. The van der Waals surface area contributed by atoms with Crippen molar-refractivity contribution in [1.29, 1.82) is 5.26 Å². The van der Waals surface area contributed by atoms with Crippen molar-refractivity contribution in [2.45, 2.75) is 51.2 Å². The Morgan fingerprint density at radius 3 is 2.42 bits per heavy atom. The third-order valence-corrected chi connectivity index (χ3v) is 6.87. The van der Waals surface area contributed by atoms with Crippen LogP contribution < -0.4 is 10.1 Å². The highest BCUT2D eigenvalue weighted by Gasteiger charge is 2.48. The quantitative estimate of drug-likeness (QED) is 0.423. The summed E-state index contributed by atoms with van der Waals surface area (Å²) in [6, 6.07) is 7.80. The second-order valence-corrected chi connectivity index (χ2v) is 10.3. The zero-order valence-corrected chi connectivity index (χ0v) is 22.4. The Morgan fingerprint density at radius 2 is 1.84 bits per heavy atom. The number of nitriles is 1. The van der Waals surface area contributed by atoms with Gasteiger partial charge in [-0.05, 0) is 40.9 Å². The molecule has 0 saturated carbocycles. The Labute approximate surface area is 220 Å². The van der Waals surface area contributed by atoms with E-state index in [1.54, 1.807) is 6.92 Å². The number of ether oxygens (including phenoxy) is 1. The van der Waals surface area contributed by atoms with E-state index in [9.17, 15) is 18.4 Å². The summed E-state index contributed by atoms with van der Waals surface area (Å²) < 4.78 is 47.2. The molecule has 1 aliphatic heterocycles. The third kappa shape index (κ3) is 5.11. The number of nitrogens with zero attached hydrogens (tertiary/aromatic N) is 6. The fourth-order valence-corrected chi connectivity index (χ4v) is 4.71. The van der Waals surface area contributed by atoms with Crippen LogP contribution in [-0.4, -0.2) is 65.1 Å². The van der Waals surface area contributed by atoms with Gasteiger partial charge in [0.1, 0.15) is 22.9 Å². The number of likely N-dealkylation sites (tertiary alicyclic amines) is 1. The maximum Gasteiger partial charge on any atom is 0.266 e. The number of hydrogen-bond donors (Lipinski definition) is 1. The summed E-state index contributed by atoms with van der Waals surface area (Å²) in [5.74, 6) is 0.185. The van der Waals surface area contributed by atoms with Crippen molar-refractivity contribution >= 4 is 16.9 Å². The van der Waals surface area contributed by atoms with Crippen LogP contribution in [0.25, 0.3) is 11.0 Å². The van der Waals surface area contributed by atoms with E-state index >= 15 is 0 Å². The molecule has 0 aliphatic carbocycles. The molecule has 1 atom stereocenters. The Morgan fingerprint density at radius 1 is 1.16 bits per heavy atom. The predicted molar refractivity (Wildman–Crippen MR) is 139 cm³/mol. The molecule has 4 rings (SSSR count). The zero-order valence-electron chi connectivity index (χ0n) is 22.4. The number of rotatable bonds is 9. The van der Waals surface area contributed by atoms with Crippen LogP contribution in [0.5, 0.6) is 5.88 Å². The molecule has 0 radical (unpaired) electrons. The molecule has 0 unspecified atom stereocenters. The number of hydrogen-bond acceptors (Lipinski definition) is 8. The van der Waals surface area contributed by atoms with E-state index in [1.807, 2.05) is 25.1 Å². The standard InChI is InChI=1S/C27H32F3N7O/c1-15(2)37-13-27(12-31,14-37)20-10-19-24(32-16(3)17-8-7-9-18(22(17)28)23(29)30)33-21(11-36(4)5)34-25(19)35-26(20)38-6/h7-10,15-16,23H,11,13-14H2,1-6H3,(H,32,33,34,35)/t16-/m1/s1. The molecule has 0 spiro atoms. The van der Waals surface area contributed by atoms with Crippen LogP contribution in [0.1, 0.15) is 55.8 Å². The number of anilines is 1. The Balaban J connectivity index is 1.84. The number of fused-ring (bicyclic) bond motifs is 1. The van der Waals surface area contributed by atoms with Crippen molar-refractivity contribution in [3.8, 4) is 11.9 Å². The van der Waals surface area contributed by atoms with Crippen LogP contribution in [-0.2, 0) is 12.0 Å². The molecule has 1 fully saturated rings. The molecule has 3 heterocycles. The van der Waals surface area contributed by atoms with Gasteiger partial charge >= 0.3 is 0 Å². The van der Waals surface area contributed by atoms with Crippen LogP contribution >= 0.6 is 0 Å². The first kappa shape index (κ1) is 27.5. The lowest BCUT2D eigenvalue weighted by Gasteiger charge is -2.48. The first-order chi connectivity index (χ1) is 18.0. The Bertz CT molecular complexity index is 1370. The normalized spacial score (nSPS) is 16.1.